The Morgan fingerprint density at radius 1 is 1.11 bits per heavy atom. The number of rotatable bonds is 3. The van der Waals surface area contributed by atoms with Crippen LogP contribution in [0.4, 0.5) is 5.69 Å². The van der Waals surface area contributed by atoms with Gasteiger partial charge in [-0.15, -0.1) is 0 Å². The number of benzene rings is 1. The molecule has 2 aromatic rings. The zero-order valence-electron chi connectivity index (χ0n) is 10.7. The van der Waals surface area contributed by atoms with Crippen molar-refractivity contribution in [2.75, 3.05) is 11.9 Å². The van der Waals surface area contributed by atoms with E-state index in [0.717, 1.165) is 18.0 Å². The molecule has 1 aliphatic rings. The minimum absolute atomic E-state index is 0.859. The molecule has 1 heterocycles. The number of aromatic nitrogens is 1. The minimum atomic E-state index is 0.859. The molecule has 18 heavy (non-hydrogen) atoms. The number of nitrogens with one attached hydrogen (secondary N) is 1. The molecule has 0 aliphatic heterocycles. The van der Waals surface area contributed by atoms with Crippen LogP contribution in [0, 0.1) is 5.92 Å². The summed E-state index contributed by atoms with van der Waals surface area (Å²) in [4.78, 5) is 4.40. The van der Waals surface area contributed by atoms with E-state index in [4.69, 9.17) is 0 Å². The second kappa shape index (κ2) is 5.38. The van der Waals surface area contributed by atoms with Gasteiger partial charge in [-0.05, 0) is 37.0 Å². The number of hydrogen-bond donors (Lipinski definition) is 1. The highest BCUT2D eigenvalue weighted by Gasteiger charge is 2.12. The molecule has 0 spiro atoms. The predicted octanol–water partition coefficient (Wildman–Crippen LogP) is 4.23. The summed E-state index contributed by atoms with van der Waals surface area (Å²) in [6, 6.07) is 10.5. The van der Waals surface area contributed by atoms with E-state index in [1.165, 1.54) is 43.2 Å². The lowest BCUT2D eigenvalue weighted by Crippen LogP contribution is -2.17. The average molecular weight is 240 g/mol. The maximum Gasteiger partial charge on any atom is 0.0722 e. The van der Waals surface area contributed by atoms with Gasteiger partial charge < -0.3 is 5.32 Å². The van der Waals surface area contributed by atoms with E-state index in [0.29, 0.717) is 0 Å². The van der Waals surface area contributed by atoms with Gasteiger partial charge in [0, 0.05) is 23.8 Å². The van der Waals surface area contributed by atoms with Crippen LogP contribution in [0.5, 0.6) is 0 Å². The van der Waals surface area contributed by atoms with Crippen molar-refractivity contribution in [1.82, 2.24) is 4.98 Å². The molecule has 2 heteroatoms. The Balaban J connectivity index is 1.66. The lowest BCUT2D eigenvalue weighted by molar-refractivity contribution is 0.373. The van der Waals surface area contributed by atoms with E-state index in [-0.39, 0.29) is 0 Å². The fraction of sp³-hybridized carbons (Fsp3) is 0.438. The third-order valence-electron chi connectivity index (χ3n) is 3.93. The van der Waals surface area contributed by atoms with Gasteiger partial charge in [0.05, 0.1) is 5.52 Å². The Morgan fingerprint density at radius 2 is 2.00 bits per heavy atom. The normalized spacial score (nSPS) is 16.9. The minimum Gasteiger partial charge on any atom is -0.385 e. The summed E-state index contributed by atoms with van der Waals surface area (Å²) in [5.74, 6) is 0.859. The molecule has 1 aromatic heterocycles. The van der Waals surface area contributed by atoms with Crippen LogP contribution in [-0.4, -0.2) is 11.5 Å². The largest absolute Gasteiger partial charge is 0.385 e. The molecular weight excluding hydrogens is 220 g/mol. The zero-order valence-corrected chi connectivity index (χ0v) is 10.7. The quantitative estimate of drug-likeness (QED) is 0.868. The number of nitrogens with zero attached hydrogens (tertiary/aromatic N) is 1. The fourth-order valence-electron chi connectivity index (χ4n) is 2.83. The van der Waals surface area contributed by atoms with E-state index in [2.05, 4.69) is 34.6 Å². The van der Waals surface area contributed by atoms with E-state index < -0.39 is 0 Å². The van der Waals surface area contributed by atoms with Gasteiger partial charge >= 0.3 is 0 Å². The second-order valence-electron chi connectivity index (χ2n) is 5.30. The van der Waals surface area contributed by atoms with Gasteiger partial charge in [-0.25, -0.2) is 0 Å². The Bertz CT molecular complexity index is 515. The topological polar surface area (TPSA) is 24.9 Å². The molecule has 0 amide bonds. The molecular formula is C16H20N2. The second-order valence-corrected chi connectivity index (χ2v) is 5.30. The molecule has 1 aromatic carbocycles. The van der Waals surface area contributed by atoms with Crippen LogP contribution in [0.2, 0.25) is 0 Å². The van der Waals surface area contributed by atoms with Crippen molar-refractivity contribution in [3.8, 4) is 0 Å². The Morgan fingerprint density at radius 3 is 2.89 bits per heavy atom. The van der Waals surface area contributed by atoms with Gasteiger partial charge in [-0.1, -0.05) is 31.4 Å². The van der Waals surface area contributed by atoms with Crippen LogP contribution in [0.3, 0.4) is 0 Å². The zero-order chi connectivity index (χ0) is 12.2. The maximum atomic E-state index is 4.40. The van der Waals surface area contributed by atoms with Crippen molar-refractivity contribution in [3.63, 3.8) is 0 Å². The van der Waals surface area contributed by atoms with Crippen LogP contribution < -0.4 is 5.32 Å². The van der Waals surface area contributed by atoms with Crippen molar-refractivity contribution in [2.24, 2.45) is 5.92 Å². The molecule has 2 nitrogen and oxygen atoms in total. The van der Waals surface area contributed by atoms with Crippen molar-refractivity contribution >= 4 is 16.6 Å². The summed E-state index contributed by atoms with van der Waals surface area (Å²) in [6.07, 6.45) is 8.87. The number of fused-ring (bicyclic) bond motifs is 1. The first kappa shape index (κ1) is 11.5. The lowest BCUT2D eigenvalue weighted by Gasteiger charge is -2.22. The van der Waals surface area contributed by atoms with Crippen molar-refractivity contribution in [3.05, 3.63) is 36.5 Å². The smallest absolute Gasteiger partial charge is 0.0722 e. The molecule has 0 saturated heterocycles. The highest BCUT2D eigenvalue weighted by molar-refractivity contribution is 5.81. The summed E-state index contributed by atoms with van der Waals surface area (Å²) in [5.41, 5.74) is 2.28. The van der Waals surface area contributed by atoms with E-state index >= 15 is 0 Å². The van der Waals surface area contributed by atoms with Crippen LogP contribution in [0.25, 0.3) is 10.9 Å². The molecule has 0 bridgehead atoms. The molecule has 3 rings (SSSR count). The van der Waals surface area contributed by atoms with Crippen LogP contribution >= 0.6 is 0 Å². The van der Waals surface area contributed by atoms with Gasteiger partial charge in [0.2, 0.25) is 0 Å². The average Bonchev–Trinajstić information content (AvgIpc) is 2.46. The third-order valence-corrected chi connectivity index (χ3v) is 3.93. The van der Waals surface area contributed by atoms with Gasteiger partial charge in [0.1, 0.15) is 0 Å². The number of pyridine rings is 1. The van der Waals surface area contributed by atoms with Crippen molar-refractivity contribution in [2.45, 2.75) is 32.1 Å². The molecule has 0 radical (unpaired) electrons. The summed E-state index contributed by atoms with van der Waals surface area (Å²) in [5, 5.41) is 4.78. The fourth-order valence-corrected chi connectivity index (χ4v) is 2.83. The Hall–Kier alpha value is -1.57. The summed E-state index contributed by atoms with van der Waals surface area (Å²) < 4.78 is 0. The highest BCUT2D eigenvalue weighted by atomic mass is 14.9. The predicted molar refractivity (Wildman–Crippen MR) is 76.8 cm³/mol. The monoisotopic (exact) mass is 240 g/mol. The molecule has 1 fully saturated rings. The molecule has 94 valence electrons. The summed E-state index contributed by atoms with van der Waals surface area (Å²) in [7, 11) is 0. The van der Waals surface area contributed by atoms with Crippen LogP contribution in [0.1, 0.15) is 32.1 Å². The standard InChI is InChI=1S/C16H20N2/c1-2-5-13(6-3-1)12-18-15-9-8-14-7-4-10-17-16(14)11-15/h4,7-11,13,18H,1-3,5-6,12H2. The molecule has 0 atom stereocenters. The van der Waals surface area contributed by atoms with E-state index in [1.54, 1.807) is 0 Å². The first-order valence-electron chi connectivity index (χ1n) is 7.00. The van der Waals surface area contributed by atoms with E-state index in [1.807, 2.05) is 12.3 Å². The first-order chi connectivity index (χ1) is 8.92. The molecule has 1 aliphatic carbocycles. The summed E-state index contributed by atoms with van der Waals surface area (Å²) >= 11 is 0. The van der Waals surface area contributed by atoms with E-state index in [9.17, 15) is 0 Å². The number of hydrogen-bond acceptors (Lipinski definition) is 2. The van der Waals surface area contributed by atoms with Gasteiger partial charge in [-0.2, -0.15) is 0 Å². The lowest BCUT2D eigenvalue weighted by atomic mass is 9.89. The highest BCUT2D eigenvalue weighted by Crippen LogP contribution is 2.24. The first-order valence-corrected chi connectivity index (χ1v) is 7.00. The third kappa shape index (κ3) is 2.63. The molecule has 1 N–H and O–H groups in total. The molecule has 0 unspecified atom stereocenters. The van der Waals surface area contributed by atoms with Gasteiger partial charge in [0.15, 0.2) is 0 Å². The van der Waals surface area contributed by atoms with Gasteiger partial charge in [-0.3, -0.25) is 4.98 Å². The summed E-state index contributed by atoms with van der Waals surface area (Å²) in [6.45, 7) is 1.11. The van der Waals surface area contributed by atoms with Crippen molar-refractivity contribution < 1.29 is 0 Å². The number of anilines is 1. The van der Waals surface area contributed by atoms with Crippen molar-refractivity contribution in [1.29, 1.82) is 0 Å². The van der Waals surface area contributed by atoms with Crippen LogP contribution in [0.15, 0.2) is 36.5 Å². The van der Waals surface area contributed by atoms with Crippen LogP contribution in [-0.2, 0) is 0 Å². The maximum absolute atomic E-state index is 4.40. The SMILES string of the molecule is c1cnc2cc(NCC3CCCCC3)ccc2c1. The Kier molecular flexibility index (Phi) is 3.44. The van der Waals surface area contributed by atoms with Gasteiger partial charge in [0.25, 0.3) is 0 Å². The Labute approximate surface area is 108 Å². The molecule has 1 saturated carbocycles.